The number of β-amino-alcohol motifs (C(OH)–C–C–N with tert-alkyl or cyclic N) is 1. The second-order valence-corrected chi connectivity index (χ2v) is 5.08. The highest BCUT2D eigenvalue weighted by atomic mass is 16.5. The van der Waals surface area contributed by atoms with E-state index in [1.165, 1.54) is 0 Å². The van der Waals surface area contributed by atoms with Gasteiger partial charge in [-0.15, -0.1) is 0 Å². The molecule has 2 saturated heterocycles. The fraction of sp³-hybridized carbons (Fsp3) is 0.917. The van der Waals surface area contributed by atoms with E-state index in [0.29, 0.717) is 32.6 Å². The van der Waals surface area contributed by atoms with Crippen LogP contribution >= 0.6 is 0 Å². The molecule has 0 radical (unpaired) electrons. The number of piperidine rings is 1. The van der Waals surface area contributed by atoms with Crippen molar-refractivity contribution >= 4 is 5.91 Å². The van der Waals surface area contributed by atoms with Crippen LogP contribution in [0.4, 0.5) is 0 Å². The third kappa shape index (κ3) is 2.97. The van der Waals surface area contributed by atoms with Gasteiger partial charge in [0.05, 0.1) is 11.6 Å². The Morgan fingerprint density at radius 2 is 2.24 bits per heavy atom. The van der Waals surface area contributed by atoms with E-state index in [9.17, 15) is 9.90 Å². The molecule has 1 atom stereocenters. The zero-order valence-electron chi connectivity index (χ0n) is 10.4. The van der Waals surface area contributed by atoms with Gasteiger partial charge in [-0.05, 0) is 19.9 Å². The lowest BCUT2D eigenvalue weighted by Crippen LogP contribution is -2.55. The molecule has 0 aliphatic carbocycles. The Morgan fingerprint density at radius 3 is 2.88 bits per heavy atom. The van der Waals surface area contributed by atoms with Gasteiger partial charge < -0.3 is 20.1 Å². The second kappa shape index (κ2) is 5.33. The van der Waals surface area contributed by atoms with Crippen molar-refractivity contribution in [2.75, 3.05) is 33.4 Å². The zero-order valence-corrected chi connectivity index (χ0v) is 10.4. The summed E-state index contributed by atoms with van der Waals surface area (Å²) < 4.78 is 5.25. The lowest BCUT2D eigenvalue weighted by atomic mass is 9.92. The molecule has 2 heterocycles. The van der Waals surface area contributed by atoms with Crippen LogP contribution in [0.1, 0.15) is 25.7 Å². The molecule has 0 spiro atoms. The summed E-state index contributed by atoms with van der Waals surface area (Å²) in [5.41, 5.74) is -0.746. The number of carbonyl (C=O) groups is 1. The van der Waals surface area contributed by atoms with E-state index in [1.807, 2.05) is 7.05 Å². The van der Waals surface area contributed by atoms with Crippen LogP contribution in [-0.2, 0) is 9.53 Å². The van der Waals surface area contributed by atoms with Crippen molar-refractivity contribution in [3.05, 3.63) is 0 Å². The van der Waals surface area contributed by atoms with Crippen LogP contribution in [0.15, 0.2) is 0 Å². The molecule has 2 aliphatic rings. The van der Waals surface area contributed by atoms with Gasteiger partial charge in [0.15, 0.2) is 0 Å². The molecule has 0 bridgehead atoms. The Bertz CT molecular complexity index is 277. The first-order valence-electron chi connectivity index (χ1n) is 6.41. The second-order valence-electron chi connectivity index (χ2n) is 5.08. The summed E-state index contributed by atoms with van der Waals surface area (Å²) in [6.45, 7) is 2.40. The smallest absolute Gasteiger partial charge is 0.239 e. The number of aliphatic hydroxyl groups is 1. The van der Waals surface area contributed by atoms with Crippen molar-refractivity contribution in [1.29, 1.82) is 0 Å². The lowest BCUT2D eigenvalue weighted by Gasteiger charge is -2.40. The van der Waals surface area contributed by atoms with E-state index < -0.39 is 5.60 Å². The SMILES string of the molecule is CNC1CCCN(CC2(O)CCOCC2)C1=O. The van der Waals surface area contributed by atoms with Gasteiger partial charge in [0.1, 0.15) is 0 Å². The molecule has 5 nitrogen and oxygen atoms in total. The summed E-state index contributed by atoms with van der Waals surface area (Å²) in [5, 5.41) is 13.4. The van der Waals surface area contributed by atoms with Crippen LogP contribution in [0.3, 0.4) is 0 Å². The minimum atomic E-state index is -0.746. The Kier molecular flexibility index (Phi) is 4.01. The van der Waals surface area contributed by atoms with Crippen LogP contribution in [0, 0.1) is 0 Å². The number of hydrogen-bond acceptors (Lipinski definition) is 4. The van der Waals surface area contributed by atoms with Gasteiger partial charge in [0.2, 0.25) is 5.91 Å². The maximum absolute atomic E-state index is 12.1. The standard InChI is InChI=1S/C12H22N2O3/c1-13-10-3-2-6-14(11(10)15)9-12(16)4-7-17-8-5-12/h10,13,16H,2-9H2,1H3. The molecule has 0 aromatic rings. The van der Waals surface area contributed by atoms with Crippen molar-refractivity contribution in [1.82, 2.24) is 10.2 Å². The highest BCUT2D eigenvalue weighted by molar-refractivity contribution is 5.82. The van der Waals surface area contributed by atoms with Gasteiger partial charge >= 0.3 is 0 Å². The van der Waals surface area contributed by atoms with Crippen molar-refractivity contribution in [3.63, 3.8) is 0 Å². The van der Waals surface area contributed by atoms with Gasteiger partial charge in [-0.3, -0.25) is 4.79 Å². The van der Waals surface area contributed by atoms with Gasteiger partial charge in [0, 0.05) is 39.1 Å². The molecule has 2 fully saturated rings. The zero-order chi connectivity index (χ0) is 12.3. The van der Waals surface area contributed by atoms with E-state index in [-0.39, 0.29) is 11.9 Å². The normalized spacial score (nSPS) is 29.4. The summed E-state index contributed by atoms with van der Waals surface area (Å²) >= 11 is 0. The topological polar surface area (TPSA) is 61.8 Å². The molecule has 17 heavy (non-hydrogen) atoms. The molecule has 2 N–H and O–H groups in total. The number of nitrogens with zero attached hydrogens (tertiary/aromatic N) is 1. The average molecular weight is 242 g/mol. The van der Waals surface area contributed by atoms with E-state index >= 15 is 0 Å². The first-order valence-corrected chi connectivity index (χ1v) is 6.41. The Labute approximate surface area is 102 Å². The minimum Gasteiger partial charge on any atom is -0.388 e. The number of nitrogens with one attached hydrogen (secondary N) is 1. The molecule has 5 heteroatoms. The van der Waals surface area contributed by atoms with Crippen molar-refractivity contribution < 1.29 is 14.6 Å². The van der Waals surface area contributed by atoms with Gasteiger partial charge in [0.25, 0.3) is 0 Å². The third-order valence-electron chi connectivity index (χ3n) is 3.79. The van der Waals surface area contributed by atoms with Crippen LogP contribution in [0.25, 0.3) is 0 Å². The fourth-order valence-electron chi connectivity index (χ4n) is 2.63. The molecule has 1 unspecified atom stereocenters. The molecule has 0 saturated carbocycles. The number of amides is 1. The number of likely N-dealkylation sites (tertiary alicyclic amines) is 1. The molecule has 2 rings (SSSR count). The largest absolute Gasteiger partial charge is 0.388 e. The van der Waals surface area contributed by atoms with Crippen molar-refractivity contribution in [2.24, 2.45) is 0 Å². The molecule has 0 aromatic carbocycles. The van der Waals surface area contributed by atoms with E-state index in [1.54, 1.807) is 4.90 Å². The van der Waals surface area contributed by atoms with E-state index in [0.717, 1.165) is 19.4 Å². The number of hydrogen-bond donors (Lipinski definition) is 2. The Hall–Kier alpha value is -0.650. The monoisotopic (exact) mass is 242 g/mol. The van der Waals surface area contributed by atoms with Crippen LogP contribution in [0.5, 0.6) is 0 Å². The first kappa shape index (κ1) is 12.8. The predicted molar refractivity (Wildman–Crippen MR) is 63.7 cm³/mol. The predicted octanol–water partition coefficient (Wildman–Crippen LogP) is -0.262. The quantitative estimate of drug-likeness (QED) is 0.716. The van der Waals surface area contributed by atoms with Gasteiger partial charge in [-0.1, -0.05) is 0 Å². The maximum Gasteiger partial charge on any atom is 0.239 e. The highest BCUT2D eigenvalue weighted by Gasteiger charge is 2.36. The van der Waals surface area contributed by atoms with Gasteiger partial charge in [-0.25, -0.2) is 0 Å². The summed E-state index contributed by atoms with van der Waals surface area (Å²) in [6, 6.07) is -0.0767. The number of rotatable bonds is 3. The number of likely N-dealkylation sites (N-methyl/N-ethyl adjacent to an activating group) is 1. The Morgan fingerprint density at radius 1 is 1.53 bits per heavy atom. The van der Waals surface area contributed by atoms with Crippen LogP contribution in [-0.4, -0.2) is 60.9 Å². The molecule has 0 aromatic heterocycles. The number of carbonyl (C=O) groups excluding carboxylic acids is 1. The number of ether oxygens (including phenoxy) is 1. The van der Waals surface area contributed by atoms with Crippen LogP contribution < -0.4 is 5.32 Å². The summed E-state index contributed by atoms with van der Waals surface area (Å²) in [4.78, 5) is 13.9. The summed E-state index contributed by atoms with van der Waals surface area (Å²) in [6.07, 6.45) is 3.15. The molecule has 98 valence electrons. The minimum absolute atomic E-state index is 0.0767. The average Bonchev–Trinajstić information content (AvgIpc) is 2.32. The van der Waals surface area contributed by atoms with E-state index in [2.05, 4.69) is 5.32 Å². The third-order valence-corrected chi connectivity index (χ3v) is 3.79. The summed E-state index contributed by atoms with van der Waals surface area (Å²) in [7, 11) is 1.81. The van der Waals surface area contributed by atoms with Crippen molar-refractivity contribution in [3.8, 4) is 0 Å². The summed E-state index contributed by atoms with van der Waals surface area (Å²) in [5.74, 6) is 0.124. The molecular formula is C12H22N2O3. The molecule has 2 aliphatic heterocycles. The fourth-order valence-corrected chi connectivity index (χ4v) is 2.63. The maximum atomic E-state index is 12.1. The van der Waals surface area contributed by atoms with Crippen molar-refractivity contribution in [2.45, 2.75) is 37.3 Å². The Balaban J connectivity index is 1.95. The van der Waals surface area contributed by atoms with E-state index in [4.69, 9.17) is 4.74 Å². The highest BCUT2D eigenvalue weighted by Crippen LogP contribution is 2.23. The molecular weight excluding hydrogens is 220 g/mol. The van der Waals surface area contributed by atoms with Crippen LogP contribution in [0.2, 0.25) is 0 Å². The first-order chi connectivity index (χ1) is 8.14. The lowest BCUT2D eigenvalue weighted by molar-refractivity contribution is -0.143. The molecule has 1 amide bonds. The van der Waals surface area contributed by atoms with Gasteiger partial charge in [-0.2, -0.15) is 0 Å².